The van der Waals surface area contributed by atoms with Crippen molar-refractivity contribution in [3.05, 3.63) is 36.3 Å². The van der Waals surface area contributed by atoms with Gasteiger partial charge in [0, 0.05) is 6.07 Å². The number of aromatic nitrogens is 1. The number of ether oxygens (including phenoxy) is 1. The SMILES string of the molecule is COc1ccc(N)c(NC(C)c2ccco2)n1. The number of pyridine rings is 1. The summed E-state index contributed by atoms with van der Waals surface area (Å²) < 4.78 is 10.4. The Labute approximate surface area is 99.6 Å². The third kappa shape index (κ3) is 2.50. The lowest BCUT2D eigenvalue weighted by molar-refractivity contribution is 0.398. The van der Waals surface area contributed by atoms with Crippen LogP contribution < -0.4 is 15.8 Å². The van der Waals surface area contributed by atoms with Crippen LogP contribution in [0.15, 0.2) is 34.9 Å². The molecule has 2 heterocycles. The van der Waals surface area contributed by atoms with E-state index < -0.39 is 0 Å². The Morgan fingerprint density at radius 1 is 1.41 bits per heavy atom. The van der Waals surface area contributed by atoms with E-state index in [0.717, 1.165) is 5.76 Å². The fraction of sp³-hybridized carbons (Fsp3) is 0.250. The first kappa shape index (κ1) is 11.3. The molecular weight excluding hydrogens is 218 g/mol. The van der Waals surface area contributed by atoms with E-state index in [1.54, 1.807) is 25.5 Å². The van der Waals surface area contributed by atoms with Crippen LogP contribution in [0.5, 0.6) is 5.88 Å². The minimum absolute atomic E-state index is 0.00749. The predicted octanol–water partition coefficient (Wildman–Crippen LogP) is 2.44. The zero-order valence-electron chi connectivity index (χ0n) is 9.81. The molecule has 5 nitrogen and oxygen atoms in total. The first-order valence-electron chi connectivity index (χ1n) is 5.31. The van der Waals surface area contributed by atoms with Crippen LogP contribution in [0, 0.1) is 0 Å². The molecule has 90 valence electrons. The zero-order chi connectivity index (χ0) is 12.3. The molecule has 0 bridgehead atoms. The second-order valence-electron chi connectivity index (χ2n) is 3.67. The van der Waals surface area contributed by atoms with Gasteiger partial charge in [0.15, 0.2) is 5.82 Å². The molecule has 1 atom stereocenters. The largest absolute Gasteiger partial charge is 0.481 e. The van der Waals surface area contributed by atoms with Gasteiger partial charge in [-0.3, -0.25) is 0 Å². The molecule has 0 amide bonds. The number of methoxy groups -OCH3 is 1. The van der Waals surface area contributed by atoms with Gasteiger partial charge < -0.3 is 20.2 Å². The van der Waals surface area contributed by atoms with Crippen molar-refractivity contribution in [2.75, 3.05) is 18.2 Å². The van der Waals surface area contributed by atoms with E-state index in [9.17, 15) is 0 Å². The number of hydrogen-bond donors (Lipinski definition) is 2. The van der Waals surface area contributed by atoms with Gasteiger partial charge in [-0.25, -0.2) is 0 Å². The normalized spacial score (nSPS) is 12.1. The van der Waals surface area contributed by atoms with E-state index in [1.165, 1.54) is 0 Å². The molecule has 0 radical (unpaired) electrons. The van der Waals surface area contributed by atoms with Crippen LogP contribution in [0.4, 0.5) is 11.5 Å². The van der Waals surface area contributed by atoms with Gasteiger partial charge in [-0.15, -0.1) is 0 Å². The number of nitrogens with zero attached hydrogens (tertiary/aromatic N) is 1. The molecule has 3 N–H and O–H groups in total. The Hall–Kier alpha value is -2.17. The Morgan fingerprint density at radius 2 is 2.24 bits per heavy atom. The monoisotopic (exact) mass is 233 g/mol. The highest BCUT2D eigenvalue weighted by Crippen LogP contribution is 2.24. The topological polar surface area (TPSA) is 73.3 Å². The van der Waals surface area contributed by atoms with Crippen LogP contribution in [-0.2, 0) is 0 Å². The number of furan rings is 1. The second kappa shape index (κ2) is 4.78. The van der Waals surface area contributed by atoms with Crippen LogP contribution in [0.1, 0.15) is 18.7 Å². The maximum absolute atomic E-state index is 5.83. The molecule has 0 aliphatic rings. The molecule has 0 aromatic carbocycles. The lowest BCUT2D eigenvalue weighted by atomic mass is 10.2. The van der Waals surface area contributed by atoms with Crippen molar-refractivity contribution in [3.63, 3.8) is 0 Å². The number of nitrogens with two attached hydrogens (primary N) is 1. The van der Waals surface area contributed by atoms with E-state index in [0.29, 0.717) is 17.4 Å². The van der Waals surface area contributed by atoms with Gasteiger partial charge in [0.2, 0.25) is 5.88 Å². The Kier molecular flexibility index (Phi) is 3.18. The molecular formula is C12H15N3O2. The highest BCUT2D eigenvalue weighted by atomic mass is 16.5. The summed E-state index contributed by atoms with van der Waals surface area (Å²) in [6, 6.07) is 7.21. The number of anilines is 2. The summed E-state index contributed by atoms with van der Waals surface area (Å²) in [6.45, 7) is 1.97. The van der Waals surface area contributed by atoms with Gasteiger partial charge in [0.1, 0.15) is 5.76 Å². The number of hydrogen-bond acceptors (Lipinski definition) is 5. The lowest BCUT2D eigenvalue weighted by Gasteiger charge is -2.14. The van der Waals surface area contributed by atoms with E-state index in [-0.39, 0.29) is 6.04 Å². The van der Waals surface area contributed by atoms with Gasteiger partial charge in [0.25, 0.3) is 0 Å². The summed E-state index contributed by atoms with van der Waals surface area (Å²) in [5, 5.41) is 3.18. The average Bonchev–Trinajstić information content (AvgIpc) is 2.85. The molecule has 0 aliphatic carbocycles. The van der Waals surface area contributed by atoms with Crippen LogP contribution in [-0.4, -0.2) is 12.1 Å². The Balaban J connectivity index is 2.18. The van der Waals surface area contributed by atoms with Crippen molar-refractivity contribution in [1.82, 2.24) is 4.98 Å². The predicted molar refractivity (Wildman–Crippen MR) is 65.9 cm³/mol. The molecule has 2 rings (SSSR count). The third-order valence-corrected chi connectivity index (χ3v) is 2.43. The highest BCUT2D eigenvalue weighted by molar-refractivity contribution is 5.62. The molecule has 17 heavy (non-hydrogen) atoms. The third-order valence-electron chi connectivity index (χ3n) is 2.43. The Bertz CT molecular complexity index is 483. The number of nitrogen functional groups attached to an aromatic ring is 1. The van der Waals surface area contributed by atoms with Crippen LogP contribution in [0.25, 0.3) is 0 Å². The minimum Gasteiger partial charge on any atom is -0.481 e. The number of nitrogens with one attached hydrogen (secondary N) is 1. The van der Waals surface area contributed by atoms with Gasteiger partial charge >= 0.3 is 0 Å². The van der Waals surface area contributed by atoms with E-state index >= 15 is 0 Å². The zero-order valence-corrected chi connectivity index (χ0v) is 9.81. The minimum atomic E-state index is -0.00749. The van der Waals surface area contributed by atoms with Gasteiger partial charge in [-0.2, -0.15) is 4.98 Å². The first-order valence-corrected chi connectivity index (χ1v) is 5.31. The lowest BCUT2D eigenvalue weighted by Crippen LogP contribution is -2.09. The van der Waals surface area contributed by atoms with Crippen molar-refractivity contribution >= 4 is 11.5 Å². The van der Waals surface area contributed by atoms with Gasteiger partial charge in [0.05, 0.1) is 25.1 Å². The molecule has 5 heteroatoms. The summed E-state index contributed by atoms with van der Waals surface area (Å²) in [6.07, 6.45) is 1.63. The number of rotatable bonds is 4. The van der Waals surface area contributed by atoms with Crippen LogP contribution >= 0.6 is 0 Å². The Morgan fingerprint density at radius 3 is 2.88 bits per heavy atom. The molecule has 0 saturated heterocycles. The van der Waals surface area contributed by atoms with Gasteiger partial charge in [-0.05, 0) is 25.1 Å². The fourth-order valence-corrected chi connectivity index (χ4v) is 1.50. The van der Waals surface area contributed by atoms with Crippen LogP contribution in [0.3, 0.4) is 0 Å². The molecule has 0 aliphatic heterocycles. The quantitative estimate of drug-likeness (QED) is 0.848. The summed E-state index contributed by atoms with van der Waals surface area (Å²) >= 11 is 0. The maximum Gasteiger partial charge on any atom is 0.215 e. The van der Waals surface area contributed by atoms with E-state index in [2.05, 4.69) is 10.3 Å². The average molecular weight is 233 g/mol. The molecule has 0 spiro atoms. The maximum atomic E-state index is 5.83. The highest BCUT2D eigenvalue weighted by Gasteiger charge is 2.11. The summed E-state index contributed by atoms with van der Waals surface area (Å²) in [5.41, 5.74) is 6.41. The van der Waals surface area contributed by atoms with Crippen molar-refractivity contribution in [2.24, 2.45) is 0 Å². The molecule has 2 aromatic rings. The second-order valence-corrected chi connectivity index (χ2v) is 3.67. The van der Waals surface area contributed by atoms with Crippen molar-refractivity contribution in [1.29, 1.82) is 0 Å². The van der Waals surface area contributed by atoms with Crippen LogP contribution in [0.2, 0.25) is 0 Å². The summed E-state index contributed by atoms with van der Waals surface area (Å²) in [7, 11) is 1.57. The van der Waals surface area contributed by atoms with Crippen molar-refractivity contribution < 1.29 is 9.15 Å². The summed E-state index contributed by atoms with van der Waals surface area (Å²) in [5.74, 6) is 1.94. The van der Waals surface area contributed by atoms with Crippen molar-refractivity contribution in [2.45, 2.75) is 13.0 Å². The molecule has 2 aromatic heterocycles. The van der Waals surface area contributed by atoms with Crippen molar-refractivity contribution in [3.8, 4) is 5.88 Å². The fourth-order valence-electron chi connectivity index (χ4n) is 1.50. The standard InChI is InChI=1S/C12H15N3O2/c1-8(10-4-3-7-17-10)14-12-9(13)5-6-11(15-12)16-2/h3-8H,13H2,1-2H3,(H,14,15). The first-order chi connectivity index (χ1) is 8.20. The van der Waals surface area contributed by atoms with E-state index in [1.807, 2.05) is 19.1 Å². The smallest absolute Gasteiger partial charge is 0.215 e. The summed E-state index contributed by atoms with van der Waals surface area (Å²) in [4.78, 5) is 4.24. The molecule has 1 unspecified atom stereocenters. The van der Waals surface area contributed by atoms with Gasteiger partial charge in [-0.1, -0.05) is 0 Å². The van der Waals surface area contributed by atoms with E-state index in [4.69, 9.17) is 14.9 Å². The molecule has 0 fully saturated rings. The molecule has 0 saturated carbocycles.